The minimum Gasteiger partial charge on any atom is -0.325 e. The molecule has 4 nitrogen and oxygen atoms in total. The molecule has 0 aliphatic carbocycles. The third-order valence-corrected chi connectivity index (χ3v) is 3.19. The van der Waals surface area contributed by atoms with Crippen molar-refractivity contribution in [3.8, 4) is 0 Å². The zero-order valence-corrected chi connectivity index (χ0v) is 13.2. The van der Waals surface area contributed by atoms with Crippen LogP contribution in [0.4, 0.5) is 5.69 Å². The first kappa shape index (κ1) is 16.7. The number of hydrogen-bond donors (Lipinski definition) is 2. The fraction of sp³-hybridized carbons (Fsp3) is 0.562. The topological polar surface area (TPSA) is 44.4 Å². The van der Waals surface area contributed by atoms with Gasteiger partial charge in [-0.2, -0.15) is 0 Å². The number of nitrogens with zero attached hydrogens (tertiary/aromatic N) is 1. The molecule has 112 valence electrons. The molecule has 0 aromatic heterocycles. The first-order valence-electron chi connectivity index (χ1n) is 7.13. The summed E-state index contributed by atoms with van der Waals surface area (Å²) < 4.78 is 0. The number of anilines is 1. The molecule has 0 saturated carbocycles. The highest BCUT2D eigenvalue weighted by Gasteiger charge is 2.15. The lowest BCUT2D eigenvalue weighted by Gasteiger charge is -2.25. The molecular weight excluding hydrogens is 250 g/mol. The zero-order valence-electron chi connectivity index (χ0n) is 13.2. The first-order chi connectivity index (χ1) is 9.38. The van der Waals surface area contributed by atoms with Crippen LogP contribution in [-0.2, 0) is 4.79 Å². The largest absolute Gasteiger partial charge is 0.325 e. The summed E-state index contributed by atoms with van der Waals surface area (Å²) in [6.07, 6.45) is 0. The number of aryl methyl sites for hydroxylation is 1. The molecule has 0 aliphatic heterocycles. The molecule has 1 rings (SSSR count). The minimum atomic E-state index is 0.00000567. The summed E-state index contributed by atoms with van der Waals surface area (Å²) in [6, 6.07) is 8.15. The normalized spacial score (nSPS) is 12.8. The van der Waals surface area contributed by atoms with Crippen molar-refractivity contribution < 1.29 is 4.79 Å². The van der Waals surface area contributed by atoms with Gasteiger partial charge in [0.1, 0.15) is 0 Å². The molecule has 0 heterocycles. The predicted molar refractivity (Wildman–Crippen MR) is 85.0 cm³/mol. The van der Waals surface area contributed by atoms with Crippen molar-refractivity contribution in [2.45, 2.75) is 26.8 Å². The molecular formula is C16H27N3O. The molecule has 0 saturated heterocycles. The standard InChI is InChI=1S/C16H27N3O/c1-12(2)15(11-19(4)5)17-10-16(20)18-14-8-6-7-13(3)9-14/h6-9,12,15,17H,10-11H2,1-5H3,(H,18,20). The van der Waals surface area contributed by atoms with Crippen molar-refractivity contribution in [1.29, 1.82) is 0 Å². The summed E-state index contributed by atoms with van der Waals surface area (Å²) in [5.74, 6) is 0.490. The van der Waals surface area contributed by atoms with E-state index in [0.29, 0.717) is 18.5 Å². The van der Waals surface area contributed by atoms with Crippen molar-refractivity contribution in [3.63, 3.8) is 0 Å². The summed E-state index contributed by atoms with van der Waals surface area (Å²) in [5, 5.41) is 6.25. The average molecular weight is 277 g/mol. The van der Waals surface area contributed by atoms with Crippen LogP contribution in [0.1, 0.15) is 19.4 Å². The van der Waals surface area contributed by atoms with Crippen molar-refractivity contribution in [1.82, 2.24) is 10.2 Å². The highest BCUT2D eigenvalue weighted by molar-refractivity contribution is 5.92. The number of benzene rings is 1. The van der Waals surface area contributed by atoms with Gasteiger partial charge in [0.25, 0.3) is 0 Å². The maximum Gasteiger partial charge on any atom is 0.238 e. The molecule has 4 heteroatoms. The number of amides is 1. The molecule has 0 fully saturated rings. The molecule has 0 radical (unpaired) electrons. The van der Waals surface area contributed by atoms with Gasteiger partial charge < -0.3 is 15.5 Å². The lowest BCUT2D eigenvalue weighted by Crippen LogP contribution is -2.45. The van der Waals surface area contributed by atoms with E-state index in [0.717, 1.165) is 17.8 Å². The summed E-state index contributed by atoms with van der Waals surface area (Å²) >= 11 is 0. The highest BCUT2D eigenvalue weighted by Crippen LogP contribution is 2.09. The van der Waals surface area contributed by atoms with E-state index in [-0.39, 0.29) is 5.91 Å². The summed E-state index contributed by atoms with van der Waals surface area (Å²) in [7, 11) is 4.09. The Kier molecular flexibility index (Phi) is 6.68. The second kappa shape index (κ2) is 8.02. The molecule has 2 N–H and O–H groups in total. The highest BCUT2D eigenvalue weighted by atomic mass is 16.1. The number of likely N-dealkylation sites (N-methyl/N-ethyl adjacent to an activating group) is 1. The summed E-state index contributed by atoms with van der Waals surface area (Å²) in [4.78, 5) is 14.1. The van der Waals surface area contributed by atoms with Crippen molar-refractivity contribution in [2.24, 2.45) is 5.92 Å². The zero-order chi connectivity index (χ0) is 15.1. The van der Waals surface area contributed by atoms with Crippen molar-refractivity contribution in [3.05, 3.63) is 29.8 Å². The Balaban J connectivity index is 2.45. The quantitative estimate of drug-likeness (QED) is 0.802. The lowest BCUT2D eigenvalue weighted by atomic mass is 10.0. The van der Waals surface area contributed by atoms with Gasteiger partial charge in [-0.1, -0.05) is 26.0 Å². The van der Waals surface area contributed by atoms with Crippen LogP contribution in [0.5, 0.6) is 0 Å². The van der Waals surface area contributed by atoms with Gasteiger partial charge in [-0.3, -0.25) is 4.79 Å². The Labute approximate surface area is 122 Å². The monoisotopic (exact) mass is 277 g/mol. The van der Waals surface area contributed by atoms with Gasteiger partial charge in [0.05, 0.1) is 6.54 Å². The van der Waals surface area contributed by atoms with E-state index >= 15 is 0 Å². The van der Waals surface area contributed by atoms with Crippen molar-refractivity contribution >= 4 is 11.6 Å². The Morgan fingerprint density at radius 1 is 1.30 bits per heavy atom. The molecule has 1 aromatic carbocycles. The van der Waals surface area contributed by atoms with Gasteiger partial charge in [-0.05, 0) is 44.6 Å². The van der Waals surface area contributed by atoms with E-state index in [9.17, 15) is 4.79 Å². The van der Waals surface area contributed by atoms with Crippen LogP contribution in [-0.4, -0.2) is 44.0 Å². The van der Waals surface area contributed by atoms with Crippen molar-refractivity contribution in [2.75, 3.05) is 32.5 Å². The molecule has 0 aliphatic rings. The van der Waals surface area contributed by atoms with Gasteiger partial charge in [0, 0.05) is 18.3 Å². The predicted octanol–water partition coefficient (Wildman–Crippen LogP) is 2.11. The molecule has 0 bridgehead atoms. The van der Waals surface area contributed by atoms with Gasteiger partial charge >= 0.3 is 0 Å². The van der Waals surface area contributed by atoms with Crippen LogP contribution in [0.3, 0.4) is 0 Å². The van der Waals surface area contributed by atoms with Gasteiger partial charge in [-0.15, -0.1) is 0 Å². The molecule has 1 atom stereocenters. The Hall–Kier alpha value is -1.39. The lowest BCUT2D eigenvalue weighted by molar-refractivity contribution is -0.115. The number of nitrogens with one attached hydrogen (secondary N) is 2. The van der Waals surface area contributed by atoms with E-state index in [4.69, 9.17) is 0 Å². The number of hydrogen-bond acceptors (Lipinski definition) is 3. The van der Waals surface area contributed by atoms with Crippen LogP contribution < -0.4 is 10.6 Å². The Morgan fingerprint density at radius 2 is 2.00 bits per heavy atom. The van der Waals surface area contributed by atoms with Crippen LogP contribution in [0, 0.1) is 12.8 Å². The fourth-order valence-electron chi connectivity index (χ4n) is 2.06. The van der Waals surface area contributed by atoms with E-state index in [1.54, 1.807) is 0 Å². The maximum atomic E-state index is 11.9. The van der Waals surface area contributed by atoms with E-state index < -0.39 is 0 Å². The number of rotatable bonds is 7. The van der Waals surface area contributed by atoms with E-state index in [1.807, 2.05) is 45.3 Å². The molecule has 1 amide bonds. The van der Waals surface area contributed by atoms with Crippen LogP contribution in [0.15, 0.2) is 24.3 Å². The Bertz CT molecular complexity index is 429. The summed E-state index contributed by atoms with van der Waals surface area (Å²) in [5.41, 5.74) is 1.99. The van der Waals surface area contributed by atoms with Crippen LogP contribution >= 0.6 is 0 Å². The summed E-state index contributed by atoms with van der Waals surface area (Å²) in [6.45, 7) is 7.61. The van der Waals surface area contributed by atoms with Crippen LogP contribution in [0.2, 0.25) is 0 Å². The Morgan fingerprint density at radius 3 is 2.55 bits per heavy atom. The third kappa shape index (κ3) is 6.17. The van der Waals surface area contributed by atoms with E-state index in [1.165, 1.54) is 0 Å². The first-order valence-corrected chi connectivity index (χ1v) is 7.13. The van der Waals surface area contributed by atoms with Gasteiger partial charge in [0.15, 0.2) is 0 Å². The van der Waals surface area contributed by atoms with Crippen LogP contribution in [0.25, 0.3) is 0 Å². The smallest absolute Gasteiger partial charge is 0.238 e. The molecule has 20 heavy (non-hydrogen) atoms. The van der Waals surface area contributed by atoms with Gasteiger partial charge in [-0.25, -0.2) is 0 Å². The minimum absolute atomic E-state index is 0.00000567. The fourth-order valence-corrected chi connectivity index (χ4v) is 2.06. The molecule has 0 spiro atoms. The van der Waals surface area contributed by atoms with E-state index in [2.05, 4.69) is 29.4 Å². The number of carbonyl (C=O) groups excluding carboxylic acids is 1. The second-order valence-electron chi connectivity index (χ2n) is 5.91. The number of carbonyl (C=O) groups is 1. The SMILES string of the molecule is Cc1cccc(NC(=O)CNC(CN(C)C)C(C)C)c1. The average Bonchev–Trinajstić information content (AvgIpc) is 2.33. The van der Waals surface area contributed by atoms with Gasteiger partial charge in [0.2, 0.25) is 5.91 Å². The molecule has 1 aromatic rings. The second-order valence-corrected chi connectivity index (χ2v) is 5.91. The maximum absolute atomic E-state index is 11.9. The third-order valence-electron chi connectivity index (χ3n) is 3.19. The molecule has 1 unspecified atom stereocenters.